The summed E-state index contributed by atoms with van der Waals surface area (Å²) in [7, 11) is 0. The van der Waals surface area contributed by atoms with Crippen LogP contribution in [0, 0.1) is 5.82 Å². The van der Waals surface area contributed by atoms with Crippen LogP contribution < -0.4 is 14.8 Å². The molecule has 138 valence electrons. The number of rotatable bonds is 6. The van der Waals surface area contributed by atoms with E-state index >= 15 is 0 Å². The summed E-state index contributed by atoms with van der Waals surface area (Å²) in [4.78, 5) is 16.8. The van der Waals surface area contributed by atoms with E-state index in [0.717, 1.165) is 0 Å². The summed E-state index contributed by atoms with van der Waals surface area (Å²) in [6.45, 7) is 3.07. The molecule has 2 atom stereocenters. The van der Waals surface area contributed by atoms with Crippen LogP contribution in [0.5, 0.6) is 11.6 Å². The highest BCUT2D eigenvalue weighted by atomic mass is 19.1. The van der Waals surface area contributed by atoms with Crippen LogP contribution in [0.25, 0.3) is 0 Å². The van der Waals surface area contributed by atoms with Crippen molar-refractivity contribution in [1.29, 1.82) is 0 Å². The van der Waals surface area contributed by atoms with Crippen molar-refractivity contribution >= 4 is 5.91 Å². The molecule has 0 saturated carbocycles. The maximum atomic E-state index is 13.4. The predicted octanol–water partition coefficient (Wildman–Crippen LogP) is 2.59. The third-order valence-corrected chi connectivity index (χ3v) is 3.99. The predicted molar refractivity (Wildman–Crippen MR) is 92.9 cm³/mol. The second-order valence-electron chi connectivity index (χ2n) is 5.85. The number of aromatic nitrogens is 1. The number of carbonyl (C=O) groups is 1. The summed E-state index contributed by atoms with van der Waals surface area (Å²) >= 11 is 0. The van der Waals surface area contributed by atoms with Crippen molar-refractivity contribution in [3.05, 3.63) is 54.0 Å². The number of carbonyl (C=O) groups excluding carboxylic acids is 1. The second kappa shape index (κ2) is 8.62. The number of amides is 1. The van der Waals surface area contributed by atoms with Crippen LogP contribution >= 0.6 is 0 Å². The molecule has 3 rings (SSSR count). The summed E-state index contributed by atoms with van der Waals surface area (Å²) in [5.41, 5.74) is 0.351. The zero-order valence-electron chi connectivity index (χ0n) is 14.5. The Kier molecular flexibility index (Phi) is 6.01. The highest BCUT2D eigenvalue weighted by molar-refractivity contribution is 5.96. The monoisotopic (exact) mass is 360 g/mol. The topological polar surface area (TPSA) is 69.7 Å². The number of benzene rings is 1. The molecule has 1 fully saturated rings. The van der Waals surface area contributed by atoms with E-state index in [9.17, 15) is 9.18 Å². The van der Waals surface area contributed by atoms with Gasteiger partial charge in [-0.3, -0.25) is 4.79 Å². The lowest BCUT2D eigenvalue weighted by Gasteiger charge is -2.32. The molecule has 1 N–H and O–H groups in total. The van der Waals surface area contributed by atoms with Crippen LogP contribution in [0.4, 0.5) is 4.39 Å². The van der Waals surface area contributed by atoms with E-state index in [0.29, 0.717) is 37.6 Å². The molecular formula is C19H21FN2O4. The average Bonchev–Trinajstić information content (AvgIpc) is 2.64. The number of nitrogens with zero attached hydrogens (tertiary/aromatic N) is 1. The SMILES string of the molecule is CCOc1ncccc1C(=O)NC1COCCC1Oc1cccc(F)c1. The molecule has 1 aliphatic heterocycles. The molecule has 1 aromatic carbocycles. The summed E-state index contributed by atoms with van der Waals surface area (Å²) in [5, 5.41) is 2.92. The van der Waals surface area contributed by atoms with Crippen LogP contribution in [0.2, 0.25) is 0 Å². The van der Waals surface area contributed by atoms with E-state index < -0.39 is 0 Å². The lowest BCUT2D eigenvalue weighted by molar-refractivity contribution is -0.00302. The van der Waals surface area contributed by atoms with Gasteiger partial charge in [0, 0.05) is 18.7 Å². The van der Waals surface area contributed by atoms with E-state index in [4.69, 9.17) is 14.2 Å². The Labute approximate surface area is 151 Å². The third-order valence-electron chi connectivity index (χ3n) is 3.99. The van der Waals surface area contributed by atoms with Gasteiger partial charge < -0.3 is 19.5 Å². The quantitative estimate of drug-likeness (QED) is 0.857. The molecule has 1 amide bonds. The molecule has 6 nitrogen and oxygen atoms in total. The Bertz CT molecular complexity index is 756. The molecule has 1 saturated heterocycles. The van der Waals surface area contributed by atoms with E-state index in [-0.39, 0.29) is 29.8 Å². The largest absolute Gasteiger partial charge is 0.488 e. The third kappa shape index (κ3) is 4.49. The fourth-order valence-electron chi connectivity index (χ4n) is 2.77. The minimum Gasteiger partial charge on any atom is -0.488 e. The minimum absolute atomic E-state index is 0.284. The number of hydrogen-bond donors (Lipinski definition) is 1. The first-order chi connectivity index (χ1) is 12.7. The molecule has 26 heavy (non-hydrogen) atoms. The molecule has 2 aromatic rings. The van der Waals surface area contributed by atoms with Gasteiger partial charge >= 0.3 is 0 Å². The van der Waals surface area contributed by atoms with Gasteiger partial charge in [0.25, 0.3) is 5.91 Å². The van der Waals surface area contributed by atoms with E-state index in [1.54, 1.807) is 30.5 Å². The molecule has 0 spiro atoms. The second-order valence-corrected chi connectivity index (χ2v) is 5.85. The summed E-state index contributed by atoms with van der Waals surface area (Å²) in [6.07, 6.45) is 1.84. The van der Waals surface area contributed by atoms with Gasteiger partial charge in [0.1, 0.15) is 23.2 Å². The maximum Gasteiger partial charge on any atom is 0.257 e. The summed E-state index contributed by atoms with van der Waals surface area (Å²) in [5.74, 6) is 0.0242. The number of halogens is 1. The van der Waals surface area contributed by atoms with Gasteiger partial charge in [-0.05, 0) is 31.2 Å². The highest BCUT2D eigenvalue weighted by Gasteiger charge is 2.30. The van der Waals surface area contributed by atoms with Crippen LogP contribution in [0.15, 0.2) is 42.6 Å². The van der Waals surface area contributed by atoms with Gasteiger partial charge in [0.05, 0.1) is 25.9 Å². The fourth-order valence-corrected chi connectivity index (χ4v) is 2.77. The summed E-state index contributed by atoms with van der Waals surface area (Å²) in [6, 6.07) is 8.91. The van der Waals surface area contributed by atoms with Crippen molar-refractivity contribution in [3.63, 3.8) is 0 Å². The molecule has 7 heteroatoms. The molecule has 2 heterocycles. The number of ether oxygens (including phenoxy) is 3. The maximum absolute atomic E-state index is 13.4. The lowest BCUT2D eigenvalue weighted by Crippen LogP contribution is -2.51. The van der Waals surface area contributed by atoms with Gasteiger partial charge in [-0.2, -0.15) is 0 Å². The Morgan fingerprint density at radius 2 is 2.27 bits per heavy atom. The first-order valence-corrected chi connectivity index (χ1v) is 8.56. The molecule has 1 aromatic heterocycles. The first kappa shape index (κ1) is 18.1. The average molecular weight is 360 g/mol. The van der Waals surface area contributed by atoms with Crippen molar-refractivity contribution in [1.82, 2.24) is 10.3 Å². The number of nitrogens with one attached hydrogen (secondary N) is 1. The normalized spacial score (nSPS) is 19.6. The van der Waals surface area contributed by atoms with Crippen molar-refractivity contribution < 1.29 is 23.4 Å². The Morgan fingerprint density at radius 1 is 1.38 bits per heavy atom. The zero-order valence-corrected chi connectivity index (χ0v) is 14.5. The molecule has 0 aliphatic carbocycles. The van der Waals surface area contributed by atoms with Gasteiger partial charge in [-0.15, -0.1) is 0 Å². The smallest absolute Gasteiger partial charge is 0.257 e. The van der Waals surface area contributed by atoms with Crippen molar-refractivity contribution in [2.45, 2.75) is 25.5 Å². The Balaban J connectivity index is 1.71. The lowest BCUT2D eigenvalue weighted by atomic mass is 10.1. The van der Waals surface area contributed by atoms with E-state index in [1.165, 1.54) is 12.1 Å². The highest BCUT2D eigenvalue weighted by Crippen LogP contribution is 2.20. The van der Waals surface area contributed by atoms with Gasteiger partial charge in [-0.1, -0.05) is 6.07 Å². The van der Waals surface area contributed by atoms with E-state index in [2.05, 4.69) is 10.3 Å². The molecule has 1 aliphatic rings. The molecule has 0 bridgehead atoms. The van der Waals surface area contributed by atoms with Crippen LogP contribution in [-0.2, 0) is 4.74 Å². The van der Waals surface area contributed by atoms with Crippen LogP contribution in [-0.4, -0.2) is 42.9 Å². The Morgan fingerprint density at radius 3 is 3.08 bits per heavy atom. The molecule has 2 unspecified atom stereocenters. The van der Waals surface area contributed by atoms with Crippen LogP contribution in [0.3, 0.4) is 0 Å². The van der Waals surface area contributed by atoms with Crippen molar-refractivity contribution in [3.8, 4) is 11.6 Å². The van der Waals surface area contributed by atoms with Crippen molar-refractivity contribution in [2.75, 3.05) is 19.8 Å². The number of pyridine rings is 1. The van der Waals surface area contributed by atoms with Crippen molar-refractivity contribution in [2.24, 2.45) is 0 Å². The fraction of sp³-hybridized carbons (Fsp3) is 0.368. The standard InChI is InChI=1S/C19H21FN2O4/c1-2-25-19-15(7-4-9-21-19)18(23)22-16-12-24-10-8-17(16)26-14-6-3-5-13(20)11-14/h3-7,9,11,16-17H,2,8,10,12H2,1H3,(H,22,23). The van der Waals surface area contributed by atoms with Gasteiger partial charge in [0.2, 0.25) is 5.88 Å². The van der Waals surface area contributed by atoms with E-state index in [1.807, 2.05) is 6.92 Å². The minimum atomic E-state index is -0.369. The van der Waals surface area contributed by atoms with Crippen LogP contribution in [0.1, 0.15) is 23.7 Å². The number of hydrogen-bond acceptors (Lipinski definition) is 5. The summed E-state index contributed by atoms with van der Waals surface area (Å²) < 4.78 is 30.1. The van der Waals surface area contributed by atoms with Gasteiger partial charge in [0.15, 0.2) is 0 Å². The Hall–Kier alpha value is -2.67. The first-order valence-electron chi connectivity index (χ1n) is 8.56. The molecular weight excluding hydrogens is 339 g/mol. The zero-order chi connectivity index (χ0) is 18.4. The van der Waals surface area contributed by atoms with Gasteiger partial charge in [-0.25, -0.2) is 9.37 Å². The molecule has 0 radical (unpaired) electrons.